The van der Waals surface area contributed by atoms with Gasteiger partial charge < -0.3 is 5.32 Å². The molecule has 0 atom stereocenters. The molecule has 2 nitrogen and oxygen atoms in total. The van der Waals surface area contributed by atoms with E-state index in [1.807, 2.05) is 24.3 Å². The normalized spacial score (nSPS) is 15.2. The van der Waals surface area contributed by atoms with Crippen LogP contribution in [-0.2, 0) is 0 Å². The van der Waals surface area contributed by atoms with Gasteiger partial charge in [0.15, 0.2) is 0 Å². The maximum Gasteiger partial charge on any atom is 0.0970 e. The first-order valence-electron chi connectivity index (χ1n) is 8.03. The van der Waals surface area contributed by atoms with Gasteiger partial charge in [-0.15, -0.1) is 0 Å². The Hall–Kier alpha value is -1.51. The molecule has 23 heavy (non-hydrogen) atoms. The lowest BCUT2D eigenvalue weighted by Gasteiger charge is -2.22. The molecule has 4 heteroatoms. The van der Waals surface area contributed by atoms with E-state index in [0.717, 1.165) is 28.8 Å². The highest BCUT2D eigenvalue weighted by molar-refractivity contribution is 6.30. The Morgan fingerprint density at radius 1 is 0.783 bits per heavy atom. The first kappa shape index (κ1) is 16.4. The summed E-state index contributed by atoms with van der Waals surface area (Å²) < 4.78 is 0. The molecule has 0 unspecified atom stereocenters. The molecule has 2 aromatic carbocycles. The molecule has 0 aromatic heterocycles. The summed E-state index contributed by atoms with van der Waals surface area (Å²) in [4.78, 5) is 4.70. The Bertz CT molecular complexity index is 617. The summed E-state index contributed by atoms with van der Waals surface area (Å²) in [7, 11) is 0. The molecule has 1 N–H and O–H groups in total. The van der Waals surface area contributed by atoms with Crippen LogP contribution >= 0.6 is 23.2 Å². The summed E-state index contributed by atoms with van der Waals surface area (Å²) in [6.45, 7) is 0.913. The van der Waals surface area contributed by atoms with Crippen molar-refractivity contribution in [1.82, 2.24) is 5.32 Å². The molecule has 0 saturated heterocycles. The van der Waals surface area contributed by atoms with Crippen LogP contribution < -0.4 is 5.32 Å². The van der Waals surface area contributed by atoms with Crippen molar-refractivity contribution < 1.29 is 0 Å². The molecular formula is C19H20Cl2N2. The van der Waals surface area contributed by atoms with Gasteiger partial charge >= 0.3 is 0 Å². The van der Waals surface area contributed by atoms with E-state index in [1.54, 1.807) is 0 Å². The number of nitrogens with one attached hydrogen (secondary N) is 1. The van der Waals surface area contributed by atoms with E-state index in [9.17, 15) is 0 Å². The summed E-state index contributed by atoms with van der Waals surface area (Å²) in [5, 5.41) is 5.12. The number of benzene rings is 2. The average molecular weight is 347 g/mol. The fourth-order valence-corrected chi connectivity index (χ4v) is 3.08. The van der Waals surface area contributed by atoms with Gasteiger partial charge in [-0.3, -0.25) is 4.99 Å². The molecule has 120 valence electrons. The third-order valence-corrected chi connectivity index (χ3v) is 4.60. The summed E-state index contributed by atoms with van der Waals surface area (Å²) in [5.41, 5.74) is 2.34. The standard InChI is InChI=1S/C19H20Cl2N2/c20-16-9-5-14(6-10-16)19(15-7-11-17(21)12-8-15)23-18-4-2-1-3-13-22-18/h5-12,19H,1-4,13H2,(H,22,23). The van der Waals surface area contributed by atoms with Crippen molar-refractivity contribution in [3.63, 3.8) is 0 Å². The summed E-state index contributed by atoms with van der Waals surface area (Å²) in [6.07, 6.45) is 4.64. The van der Waals surface area contributed by atoms with Gasteiger partial charge in [0.25, 0.3) is 0 Å². The molecule has 0 spiro atoms. The van der Waals surface area contributed by atoms with Crippen molar-refractivity contribution in [1.29, 1.82) is 0 Å². The number of hydrogen-bond acceptors (Lipinski definition) is 2. The van der Waals surface area contributed by atoms with Crippen LogP contribution in [0.3, 0.4) is 0 Å². The van der Waals surface area contributed by atoms with Gasteiger partial charge in [0.1, 0.15) is 0 Å². The van der Waals surface area contributed by atoms with Crippen LogP contribution in [0.4, 0.5) is 0 Å². The molecule has 2 aromatic rings. The van der Waals surface area contributed by atoms with Gasteiger partial charge in [0, 0.05) is 23.0 Å². The van der Waals surface area contributed by atoms with Crippen molar-refractivity contribution in [3.05, 3.63) is 69.7 Å². The summed E-state index contributed by atoms with van der Waals surface area (Å²) in [5.74, 6) is 1.09. The van der Waals surface area contributed by atoms with Gasteiger partial charge in [-0.25, -0.2) is 0 Å². The quantitative estimate of drug-likeness (QED) is 0.763. The van der Waals surface area contributed by atoms with Crippen LogP contribution in [0, 0.1) is 0 Å². The van der Waals surface area contributed by atoms with Crippen LogP contribution in [0.2, 0.25) is 10.0 Å². The second-order valence-electron chi connectivity index (χ2n) is 5.82. The van der Waals surface area contributed by atoms with Gasteiger partial charge in [0.05, 0.1) is 11.9 Å². The van der Waals surface area contributed by atoms with E-state index >= 15 is 0 Å². The summed E-state index contributed by atoms with van der Waals surface area (Å²) >= 11 is 12.1. The number of rotatable bonds is 3. The van der Waals surface area contributed by atoms with E-state index in [1.165, 1.54) is 30.4 Å². The molecule has 0 aliphatic carbocycles. The number of nitrogens with zero attached hydrogens (tertiary/aromatic N) is 1. The second-order valence-corrected chi connectivity index (χ2v) is 6.69. The van der Waals surface area contributed by atoms with Crippen LogP contribution in [0.25, 0.3) is 0 Å². The van der Waals surface area contributed by atoms with Gasteiger partial charge in [0.2, 0.25) is 0 Å². The van der Waals surface area contributed by atoms with Crippen LogP contribution in [0.15, 0.2) is 53.5 Å². The number of halogens is 2. The molecule has 1 heterocycles. The Morgan fingerprint density at radius 3 is 1.91 bits per heavy atom. The Balaban J connectivity index is 1.90. The van der Waals surface area contributed by atoms with E-state index in [-0.39, 0.29) is 6.04 Å². The molecule has 0 amide bonds. The smallest absolute Gasteiger partial charge is 0.0970 e. The minimum atomic E-state index is 0.0568. The van der Waals surface area contributed by atoms with E-state index in [4.69, 9.17) is 28.2 Å². The molecule has 1 aliphatic rings. The van der Waals surface area contributed by atoms with E-state index < -0.39 is 0 Å². The van der Waals surface area contributed by atoms with Crippen LogP contribution in [0.5, 0.6) is 0 Å². The van der Waals surface area contributed by atoms with Crippen LogP contribution in [-0.4, -0.2) is 12.4 Å². The van der Waals surface area contributed by atoms with Crippen molar-refractivity contribution >= 4 is 29.0 Å². The zero-order valence-corrected chi connectivity index (χ0v) is 14.4. The Morgan fingerprint density at radius 2 is 1.35 bits per heavy atom. The molecule has 0 fully saturated rings. The van der Waals surface area contributed by atoms with E-state index in [2.05, 4.69) is 29.6 Å². The van der Waals surface area contributed by atoms with Gasteiger partial charge in [-0.1, -0.05) is 53.9 Å². The first-order chi connectivity index (χ1) is 11.2. The molecule has 1 aliphatic heterocycles. The Labute approximate surface area is 147 Å². The zero-order valence-electron chi connectivity index (χ0n) is 12.9. The predicted octanol–water partition coefficient (Wildman–Crippen LogP) is 5.64. The maximum absolute atomic E-state index is 6.04. The lowest BCUT2D eigenvalue weighted by molar-refractivity contribution is 0.717. The fourth-order valence-electron chi connectivity index (χ4n) is 2.83. The Kier molecular flexibility index (Phi) is 5.58. The predicted molar refractivity (Wildman–Crippen MR) is 98.7 cm³/mol. The van der Waals surface area contributed by atoms with Crippen molar-refractivity contribution in [2.75, 3.05) is 6.54 Å². The number of aliphatic imine (C=N–C) groups is 1. The third kappa shape index (κ3) is 4.49. The highest BCUT2D eigenvalue weighted by Crippen LogP contribution is 2.25. The van der Waals surface area contributed by atoms with Gasteiger partial charge in [-0.2, -0.15) is 0 Å². The lowest BCUT2D eigenvalue weighted by atomic mass is 9.98. The fraction of sp³-hybridized carbons (Fsp3) is 0.316. The molecule has 0 radical (unpaired) electrons. The van der Waals surface area contributed by atoms with Crippen molar-refractivity contribution in [2.24, 2.45) is 4.99 Å². The SMILES string of the molecule is Clc1ccc(C(NC2=NCCCCC2)c2ccc(Cl)cc2)cc1. The lowest BCUT2D eigenvalue weighted by Crippen LogP contribution is -2.29. The summed E-state index contributed by atoms with van der Waals surface area (Å²) in [6, 6.07) is 16.0. The highest BCUT2D eigenvalue weighted by Gasteiger charge is 2.16. The monoisotopic (exact) mass is 346 g/mol. The minimum Gasteiger partial charge on any atom is -0.363 e. The highest BCUT2D eigenvalue weighted by atomic mass is 35.5. The topological polar surface area (TPSA) is 24.4 Å². The average Bonchev–Trinajstić information content (AvgIpc) is 2.83. The van der Waals surface area contributed by atoms with Crippen molar-refractivity contribution in [2.45, 2.75) is 31.7 Å². The molecular weight excluding hydrogens is 327 g/mol. The molecule has 3 rings (SSSR count). The maximum atomic E-state index is 6.04. The van der Waals surface area contributed by atoms with E-state index in [0.29, 0.717) is 0 Å². The number of hydrogen-bond donors (Lipinski definition) is 1. The van der Waals surface area contributed by atoms with Crippen molar-refractivity contribution in [3.8, 4) is 0 Å². The zero-order chi connectivity index (χ0) is 16.1. The second kappa shape index (κ2) is 7.85. The first-order valence-corrected chi connectivity index (χ1v) is 8.79. The number of amidine groups is 1. The largest absolute Gasteiger partial charge is 0.363 e. The molecule has 0 saturated carbocycles. The van der Waals surface area contributed by atoms with Crippen LogP contribution in [0.1, 0.15) is 42.9 Å². The van der Waals surface area contributed by atoms with Gasteiger partial charge in [-0.05, 0) is 48.2 Å². The molecule has 0 bridgehead atoms. The third-order valence-electron chi connectivity index (χ3n) is 4.09. The minimum absolute atomic E-state index is 0.0568.